The van der Waals surface area contributed by atoms with E-state index in [1.54, 1.807) is 0 Å². The van der Waals surface area contributed by atoms with Gasteiger partial charge in [0.2, 0.25) is 0 Å². The van der Waals surface area contributed by atoms with Gasteiger partial charge in [-0.25, -0.2) is 0 Å². The number of piperidine rings is 1. The second-order valence-corrected chi connectivity index (χ2v) is 3.33. The highest BCUT2D eigenvalue weighted by Crippen LogP contribution is 2.24. The van der Waals surface area contributed by atoms with E-state index in [-0.39, 0.29) is 12.2 Å². The van der Waals surface area contributed by atoms with Crippen LogP contribution in [-0.2, 0) is 14.3 Å². The lowest BCUT2D eigenvalue weighted by molar-refractivity contribution is -0.321. The molecular weight excluding hydrogens is 174 g/mol. The van der Waals surface area contributed by atoms with Gasteiger partial charge in [-0.3, -0.25) is 4.79 Å². The molecule has 0 aliphatic carbocycles. The van der Waals surface area contributed by atoms with Crippen LogP contribution in [0.15, 0.2) is 0 Å². The van der Waals surface area contributed by atoms with Gasteiger partial charge in [0, 0.05) is 19.4 Å². The molecule has 0 aromatic carbocycles. The number of ketones is 1. The zero-order chi connectivity index (χ0) is 9.31. The number of ether oxygens (including phenoxy) is 2. The Morgan fingerprint density at radius 1 is 1.46 bits per heavy atom. The predicted octanol–water partition coefficient (Wildman–Crippen LogP) is -1.000. The van der Waals surface area contributed by atoms with Crippen LogP contribution in [0, 0.1) is 0 Å². The fourth-order valence-electron chi connectivity index (χ4n) is 1.66. The third kappa shape index (κ3) is 1.73. The molecule has 0 amide bonds. The number of rotatable bonds is 1. The molecule has 5 heteroatoms. The van der Waals surface area contributed by atoms with Crippen molar-refractivity contribution in [1.29, 1.82) is 0 Å². The van der Waals surface area contributed by atoms with E-state index in [0.29, 0.717) is 26.2 Å². The Labute approximate surface area is 76.0 Å². The predicted molar refractivity (Wildman–Crippen MR) is 42.9 cm³/mol. The van der Waals surface area contributed by atoms with Gasteiger partial charge < -0.3 is 19.9 Å². The molecule has 2 fully saturated rings. The van der Waals surface area contributed by atoms with Crippen molar-refractivity contribution < 1.29 is 19.4 Å². The Morgan fingerprint density at radius 2 is 2.15 bits per heavy atom. The first-order chi connectivity index (χ1) is 6.21. The Morgan fingerprint density at radius 3 is 2.77 bits per heavy atom. The normalized spacial score (nSPS) is 33.6. The standard InChI is InChI=1S/C8H13NO4/c10-6-1-2-9-7(5-6)8(11)12-3-4-13-8/h7,9,11H,1-5H2/t7-/m0/s1. The summed E-state index contributed by atoms with van der Waals surface area (Å²) in [6.45, 7) is 1.34. The van der Waals surface area contributed by atoms with Crippen LogP contribution >= 0.6 is 0 Å². The van der Waals surface area contributed by atoms with Gasteiger partial charge >= 0.3 is 0 Å². The van der Waals surface area contributed by atoms with Crippen LogP contribution in [-0.4, -0.2) is 42.7 Å². The van der Waals surface area contributed by atoms with Crippen molar-refractivity contribution in [2.24, 2.45) is 0 Å². The number of hydrogen-bond acceptors (Lipinski definition) is 5. The molecule has 13 heavy (non-hydrogen) atoms. The van der Waals surface area contributed by atoms with Crippen molar-refractivity contribution in [3.8, 4) is 0 Å². The average Bonchev–Trinajstić information content (AvgIpc) is 2.54. The maximum atomic E-state index is 11.1. The Kier molecular flexibility index (Phi) is 2.33. The van der Waals surface area contributed by atoms with Gasteiger partial charge in [-0.05, 0) is 0 Å². The minimum absolute atomic E-state index is 0.135. The molecule has 0 bridgehead atoms. The molecule has 0 saturated carbocycles. The summed E-state index contributed by atoms with van der Waals surface area (Å²) in [5.74, 6) is -1.45. The number of carbonyl (C=O) groups excluding carboxylic acids is 1. The van der Waals surface area contributed by atoms with E-state index >= 15 is 0 Å². The van der Waals surface area contributed by atoms with Crippen LogP contribution in [0.3, 0.4) is 0 Å². The number of nitrogens with one attached hydrogen (secondary N) is 1. The SMILES string of the molecule is O=C1CCN[C@H](C2(O)OCCO2)C1. The summed E-state index contributed by atoms with van der Waals surface area (Å²) >= 11 is 0. The van der Waals surface area contributed by atoms with Crippen LogP contribution in [0.5, 0.6) is 0 Å². The van der Waals surface area contributed by atoms with Crippen LogP contribution in [0.2, 0.25) is 0 Å². The highest BCUT2D eigenvalue weighted by molar-refractivity contribution is 5.80. The summed E-state index contributed by atoms with van der Waals surface area (Å²) < 4.78 is 10.1. The molecule has 2 aliphatic rings. The van der Waals surface area contributed by atoms with Crippen molar-refractivity contribution in [3.05, 3.63) is 0 Å². The zero-order valence-corrected chi connectivity index (χ0v) is 7.28. The Bertz CT molecular complexity index is 212. The molecule has 2 saturated heterocycles. The fraction of sp³-hybridized carbons (Fsp3) is 0.875. The minimum Gasteiger partial charge on any atom is -0.342 e. The maximum absolute atomic E-state index is 11.1. The first-order valence-corrected chi connectivity index (χ1v) is 4.46. The number of aliphatic hydroxyl groups is 1. The molecule has 0 unspecified atom stereocenters. The molecule has 0 aromatic heterocycles. The number of hydrogen-bond donors (Lipinski definition) is 2. The van der Waals surface area contributed by atoms with E-state index in [1.807, 2.05) is 0 Å². The molecular formula is C8H13NO4. The van der Waals surface area contributed by atoms with Crippen molar-refractivity contribution in [2.75, 3.05) is 19.8 Å². The minimum atomic E-state index is -1.59. The number of Topliss-reactive ketones (excluding diaryl/α,β-unsaturated/α-hetero) is 1. The zero-order valence-electron chi connectivity index (χ0n) is 7.28. The highest BCUT2D eigenvalue weighted by atomic mass is 16.8. The summed E-state index contributed by atoms with van der Waals surface area (Å²) in [7, 11) is 0. The lowest BCUT2D eigenvalue weighted by Crippen LogP contribution is -2.55. The van der Waals surface area contributed by atoms with Gasteiger partial charge in [-0.2, -0.15) is 0 Å². The maximum Gasteiger partial charge on any atom is 0.297 e. The van der Waals surface area contributed by atoms with E-state index < -0.39 is 12.0 Å². The van der Waals surface area contributed by atoms with E-state index in [9.17, 15) is 9.90 Å². The second kappa shape index (κ2) is 3.34. The Hall–Kier alpha value is -0.490. The first-order valence-electron chi connectivity index (χ1n) is 4.46. The van der Waals surface area contributed by atoms with Crippen molar-refractivity contribution >= 4 is 5.78 Å². The van der Waals surface area contributed by atoms with Crippen molar-refractivity contribution in [2.45, 2.75) is 24.9 Å². The molecule has 2 N–H and O–H groups in total. The number of carbonyl (C=O) groups is 1. The molecule has 1 atom stereocenters. The van der Waals surface area contributed by atoms with Gasteiger partial charge in [0.15, 0.2) is 0 Å². The van der Waals surface area contributed by atoms with E-state index in [1.165, 1.54) is 0 Å². The van der Waals surface area contributed by atoms with Crippen LogP contribution < -0.4 is 5.32 Å². The molecule has 5 nitrogen and oxygen atoms in total. The molecule has 2 heterocycles. The van der Waals surface area contributed by atoms with Gasteiger partial charge in [0.25, 0.3) is 5.97 Å². The summed E-state index contributed by atoms with van der Waals surface area (Å²) in [5, 5.41) is 12.8. The highest BCUT2D eigenvalue weighted by Gasteiger charge is 2.44. The molecule has 74 valence electrons. The van der Waals surface area contributed by atoms with Crippen LogP contribution in [0.25, 0.3) is 0 Å². The summed E-state index contributed by atoms with van der Waals surface area (Å²) in [5.41, 5.74) is 0. The van der Waals surface area contributed by atoms with Crippen molar-refractivity contribution in [1.82, 2.24) is 5.32 Å². The molecule has 0 spiro atoms. The monoisotopic (exact) mass is 187 g/mol. The molecule has 0 radical (unpaired) electrons. The molecule has 2 rings (SSSR count). The summed E-state index contributed by atoms with van der Waals surface area (Å²) in [4.78, 5) is 11.1. The van der Waals surface area contributed by atoms with Crippen molar-refractivity contribution in [3.63, 3.8) is 0 Å². The quantitative estimate of drug-likeness (QED) is 0.551. The van der Waals surface area contributed by atoms with Crippen LogP contribution in [0.4, 0.5) is 0 Å². The third-order valence-corrected chi connectivity index (χ3v) is 2.37. The van der Waals surface area contributed by atoms with Crippen LogP contribution in [0.1, 0.15) is 12.8 Å². The lowest BCUT2D eigenvalue weighted by Gasteiger charge is -2.32. The topological polar surface area (TPSA) is 67.8 Å². The van der Waals surface area contributed by atoms with E-state index in [4.69, 9.17) is 9.47 Å². The summed E-state index contributed by atoms with van der Waals surface area (Å²) in [6, 6.07) is -0.420. The summed E-state index contributed by atoms with van der Waals surface area (Å²) in [6.07, 6.45) is 0.795. The van der Waals surface area contributed by atoms with E-state index in [2.05, 4.69) is 5.32 Å². The van der Waals surface area contributed by atoms with E-state index in [0.717, 1.165) is 0 Å². The van der Waals surface area contributed by atoms with Gasteiger partial charge in [-0.1, -0.05) is 0 Å². The largest absolute Gasteiger partial charge is 0.342 e. The van der Waals surface area contributed by atoms with Gasteiger partial charge in [0.1, 0.15) is 5.78 Å². The second-order valence-electron chi connectivity index (χ2n) is 3.33. The smallest absolute Gasteiger partial charge is 0.297 e. The fourth-order valence-corrected chi connectivity index (χ4v) is 1.66. The third-order valence-electron chi connectivity index (χ3n) is 2.37. The van der Waals surface area contributed by atoms with Gasteiger partial charge in [0.05, 0.1) is 19.3 Å². The lowest BCUT2D eigenvalue weighted by atomic mass is 10.0. The molecule has 0 aromatic rings. The first kappa shape index (κ1) is 9.08. The average molecular weight is 187 g/mol. The Balaban J connectivity index is 2.02. The molecule has 2 aliphatic heterocycles. The van der Waals surface area contributed by atoms with Gasteiger partial charge in [-0.15, -0.1) is 0 Å².